The predicted octanol–water partition coefficient (Wildman–Crippen LogP) is 4.93. The summed E-state index contributed by atoms with van der Waals surface area (Å²) in [5.41, 5.74) is 8.53. The summed E-state index contributed by atoms with van der Waals surface area (Å²) in [6, 6.07) is 12.6. The average Bonchev–Trinajstić information content (AvgIpc) is 3.04. The van der Waals surface area contributed by atoms with Gasteiger partial charge in [0.05, 0.1) is 0 Å². The van der Waals surface area contributed by atoms with E-state index in [2.05, 4.69) is 4.98 Å². The molecule has 2 heterocycles. The van der Waals surface area contributed by atoms with E-state index in [4.69, 9.17) is 21.8 Å². The number of rotatable bonds is 2. The van der Waals surface area contributed by atoms with E-state index >= 15 is 0 Å². The zero-order valence-electron chi connectivity index (χ0n) is 14.4. The third-order valence-electron chi connectivity index (χ3n) is 4.63. The molecule has 0 spiro atoms. The van der Waals surface area contributed by atoms with Gasteiger partial charge in [0.1, 0.15) is 5.52 Å². The fourth-order valence-electron chi connectivity index (χ4n) is 3.28. The van der Waals surface area contributed by atoms with Crippen molar-refractivity contribution in [2.24, 2.45) is 0 Å². The minimum Gasteiger partial charge on any atom is -0.440 e. The summed E-state index contributed by atoms with van der Waals surface area (Å²) in [7, 11) is 0. The van der Waals surface area contributed by atoms with Crippen molar-refractivity contribution in [2.75, 3.05) is 18.8 Å². The first-order valence-electron chi connectivity index (χ1n) is 8.31. The van der Waals surface area contributed by atoms with E-state index in [1.165, 1.54) is 0 Å². The molecule has 0 radical (unpaired) electrons. The van der Waals surface area contributed by atoms with Crippen LogP contribution >= 0.6 is 36.4 Å². The smallest absolute Gasteiger partial charge is 0.253 e. The molecular weight excluding hydrogens is 409 g/mol. The summed E-state index contributed by atoms with van der Waals surface area (Å²) in [6.45, 7) is 1.36. The van der Waals surface area contributed by atoms with Crippen molar-refractivity contribution in [1.82, 2.24) is 9.88 Å². The zero-order chi connectivity index (χ0) is 17.4. The molecule has 4 rings (SSSR count). The van der Waals surface area contributed by atoms with Gasteiger partial charge in [0.25, 0.3) is 5.91 Å². The number of fused-ring (bicyclic) bond motifs is 1. The van der Waals surface area contributed by atoms with E-state index in [0.717, 1.165) is 29.8 Å². The van der Waals surface area contributed by atoms with Crippen LogP contribution in [0, 0.1) is 0 Å². The molecule has 1 amide bonds. The molecule has 144 valence electrons. The monoisotopic (exact) mass is 427 g/mol. The molecule has 0 bridgehead atoms. The number of hydrogen-bond donors (Lipinski definition) is 1. The number of carbonyl (C=O) groups excluding carboxylic acids is 1. The third kappa shape index (κ3) is 4.49. The molecule has 2 aromatic carbocycles. The van der Waals surface area contributed by atoms with Crippen LogP contribution in [0.5, 0.6) is 0 Å². The van der Waals surface area contributed by atoms with Crippen LogP contribution in [0.2, 0.25) is 5.02 Å². The van der Waals surface area contributed by atoms with E-state index in [-0.39, 0.29) is 36.6 Å². The van der Waals surface area contributed by atoms with Gasteiger partial charge in [0.2, 0.25) is 0 Å². The van der Waals surface area contributed by atoms with Gasteiger partial charge in [0.15, 0.2) is 11.5 Å². The Morgan fingerprint density at radius 1 is 1.15 bits per heavy atom. The number of amides is 1. The highest BCUT2D eigenvalue weighted by molar-refractivity contribution is 6.31. The lowest BCUT2D eigenvalue weighted by Crippen LogP contribution is -2.38. The van der Waals surface area contributed by atoms with Gasteiger partial charge in [-0.15, -0.1) is 24.8 Å². The lowest BCUT2D eigenvalue weighted by Gasteiger charge is -2.30. The number of nitrogens with two attached hydrogens (primary N) is 1. The maximum atomic E-state index is 12.6. The van der Waals surface area contributed by atoms with E-state index in [1.54, 1.807) is 30.3 Å². The highest BCUT2D eigenvalue weighted by atomic mass is 35.5. The molecule has 0 unspecified atom stereocenters. The van der Waals surface area contributed by atoms with E-state index in [1.807, 2.05) is 17.0 Å². The first kappa shape index (κ1) is 21.4. The Hall–Kier alpha value is -1.95. The number of nitrogen functional groups attached to an aromatic ring is 1. The molecule has 27 heavy (non-hydrogen) atoms. The van der Waals surface area contributed by atoms with Gasteiger partial charge in [0, 0.05) is 35.3 Å². The number of halogens is 3. The Bertz CT molecular complexity index is 937. The Labute approximate surface area is 174 Å². The molecule has 1 saturated heterocycles. The minimum absolute atomic E-state index is 0. The van der Waals surface area contributed by atoms with Gasteiger partial charge in [-0.1, -0.05) is 17.7 Å². The van der Waals surface area contributed by atoms with Gasteiger partial charge in [-0.25, -0.2) is 4.98 Å². The van der Waals surface area contributed by atoms with Gasteiger partial charge < -0.3 is 15.1 Å². The van der Waals surface area contributed by atoms with Crippen molar-refractivity contribution in [1.29, 1.82) is 0 Å². The molecule has 1 aliphatic heterocycles. The van der Waals surface area contributed by atoms with Crippen molar-refractivity contribution < 1.29 is 9.21 Å². The molecule has 0 saturated carbocycles. The standard InChI is InChI=1S/C19H18ClN3O2.2ClH/c20-14-4-5-17-16(11-14)22-18(25-17)12-6-8-23(9-7-12)19(24)13-2-1-3-15(21)10-13;;/h1-5,10-12H,6-9,21H2;2*1H. The van der Waals surface area contributed by atoms with Crippen LogP contribution in [0.3, 0.4) is 0 Å². The van der Waals surface area contributed by atoms with Crippen LogP contribution < -0.4 is 5.73 Å². The third-order valence-corrected chi connectivity index (χ3v) is 4.87. The number of hydrogen-bond acceptors (Lipinski definition) is 4. The number of oxazole rings is 1. The number of nitrogens with zero attached hydrogens (tertiary/aromatic N) is 2. The van der Waals surface area contributed by atoms with Crippen LogP contribution in [0.25, 0.3) is 11.1 Å². The lowest BCUT2D eigenvalue weighted by atomic mass is 9.96. The first-order chi connectivity index (χ1) is 12.1. The first-order valence-corrected chi connectivity index (χ1v) is 8.69. The van der Waals surface area contributed by atoms with Crippen LogP contribution in [-0.2, 0) is 0 Å². The van der Waals surface area contributed by atoms with Crippen LogP contribution in [-0.4, -0.2) is 28.9 Å². The van der Waals surface area contributed by atoms with Crippen molar-refractivity contribution in [3.63, 3.8) is 0 Å². The molecule has 1 aromatic heterocycles. The maximum absolute atomic E-state index is 12.6. The number of carbonyl (C=O) groups is 1. The summed E-state index contributed by atoms with van der Waals surface area (Å²) in [4.78, 5) is 19.0. The van der Waals surface area contributed by atoms with E-state index in [0.29, 0.717) is 29.4 Å². The highest BCUT2D eigenvalue weighted by Gasteiger charge is 2.27. The summed E-state index contributed by atoms with van der Waals surface area (Å²) in [6.07, 6.45) is 1.66. The van der Waals surface area contributed by atoms with Crippen LogP contribution in [0.4, 0.5) is 5.69 Å². The second-order valence-corrected chi connectivity index (χ2v) is 6.79. The topological polar surface area (TPSA) is 72.4 Å². The normalized spacial score (nSPS) is 14.5. The van der Waals surface area contributed by atoms with Crippen LogP contribution in [0.15, 0.2) is 46.9 Å². The van der Waals surface area contributed by atoms with E-state index in [9.17, 15) is 4.79 Å². The number of likely N-dealkylation sites (tertiary alicyclic amines) is 1. The molecule has 0 atom stereocenters. The van der Waals surface area contributed by atoms with Crippen molar-refractivity contribution in [3.8, 4) is 0 Å². The SMILES string of the molecule is Cl.Cl.Nc1cccc(C(=O)N2CCC(c3nc4cc(Cl)ccc4o3)CC2)c1. The maximum Gasteiger partial charge on any atom is 0.253 e. The Balaban J connectivity index is 0.00000131. The van der Waals surface area contributed by atoms with Gasteiger partial charge in [-0.3, -0.25) is 4.79 Å². The fraction of sp³-hybridized carbons (Fsp3) is 0.263. The number of piperidine rings is 1. The quantitative estimate of drug-likeness (QED) is 0.588. The summed E-state index contributed by atoms with van der Waals surface area (Å²) in [5.74, 6) is 0.972. The Morgan fingerprint density at radius 3 is 2.59 bits per heavy atom. The summed E-state index contributed by atoms with van der Waals surface area (Å²) >= 11 is 6.00. The van der Waals surface area contributed by atoms with Gasteiger partial charge >= 0.3 is 0 Å². The zero-order valence-corrected chi connectivity index (χ0v) is 16.8. The number of anilines is 1. The highest BCUT2D eigenvalue weighted by Crippen LogP contribution is 2.31. The van der Waals surface area contributed by atoms with Gasteiger partial charge in [-0.2, -0.15) is 0 Å². The summed E-state index contributed by atoms with van der Waals surface area (Å²) < 4.78 is 5.87. The second-order valence-electron chi connectivity index (χ2n) is 6.36. The minimum atomic E-state index is 0. The Morgan fingerprint density at radius 2 is 1.89 bits per heavy atom. The van der Waals surface area contributed by atoms with E-state index < -0.39 is 0 Å². The molecule has 1 fully saturated rings. The average molecular weight is 429 g/mol. The van der Waals surface area contributed by atoms with Crippen LogP contribution in [0.1, 0.15) is 35.0 Å². The molecular formula is C19H20Cl3N3O2. The van der Waals surface area contributed by atoms with Crippen molar-refractivity contribution in [3.05, 3.63) is 58.9 Å². The molecule has 5 nitrogen and oxygen atoms in total. The molecule has 8 heteroatoms. The fourth-order valence-corrected chi connectivity index (χ4v) is 3.44. The van der Waals surface area contributed by atoms with Crippen molar-refractivity contribution in [2.45, 2.75) is 18.8 Å². The molecule has 1 aliphatic rings. The van der Waals surface area contributed by atoms with Crippen molar-refractivity contribution >= 4 is 59.1 Å². The van der Waals surface area contributed by atoms with Gasteiger partial charge in [-0.05, 0) is 49.2 Å². The predicted molar refractivity (Wildman–Crippen MR) is 112 cm³/mol. The summed E-state index contributed by atoms with van der Waals surface area (Å²) in [5, 5.41) is 0.648. The molecule has 2 N–H and O–H groups in total. The Kier molecular flexibility index (Phi) is 6.98. The lowest BCUT2D eigenvalue weighted by molar-refractivity contribution is 0.0707. The second kappa shape index (κ2) is 8.83. The number of aromatic nitrogens is 1. The molecule has 3 aromatic rings. The molecule has 0 aliphatic carbocycles. The number of benzene rings is 2. The largest absolute Gasteiger partial charge is 0.440 e.